The highest BCUT2D eigenvalue weighted by atomic mass is 35.5. The molecule has 1 atom stereocenters. The van der Waals surface area contributed by atoms with E-state index in [1.165, 1.54) is 22.7 Å². The average molecular weight is 427 g/mol. The van der Waals surface area contributed by atoms with E-state index in [0.29, 0.717) is 25.9 Å². The van der Waals surface area contributed by atoms with Gasteiger partial charge in [0.2, 0.25) is 0 Å². The van der Waals surface area contributed by atoms with Crippen LogP contribution in [0, 0.1) is 6.92 Å². The number of carbonyl (C=O) groups is 1. The van der Waals surface area contributed by atoms with Crippen LogP contribution in [0.5, 0.6) is 0 Å². The van der Waals surface area contributed by atoms with Crippen LogP contribution in [0.25, 0.3) is 10.2 Å². The van der Waals surface area contributed by atoms with E-state index >= 15 is 0 Å². The highest BCUT2D eigenvalue weighted by Gasteiger charge is 2.28. The molecule has 0 N–H and O–H groups in total. The van der Waals surface area contributed by atoms with Crippen molar-refractivity contribution in [2.24, 2.45) is 0 Å². The molecule has 0 saturated carbocycles. The molecule has 1 aliphatic rings. The zero-order valence-corrected chi connectivity index (χ0v) is 17.1. The molecular formula is C18H16Cl2N2O2S2. The largest absolute Gasteiger partial charge is 0.376 e. The number of anilines is 1. The second-order valence-electron chi connectivity index (χ2n) is 6.17. The third kappa shape index (κ3) is 3.49. The lowest BCUT2D eigenvalue weighted by molar-refractivity contribution is 0.0920. The van der Waals surface area contributed by atoms with Gasteiger partial charge >= 0.3 is 0 Å². The fraction of sp³-hybridized carbons (Fsp3) is 0.333. The molecule has 0 bridgehead atoms. The molecule has 0 radical (unpaired) electrons. The van der Waals surface area contributed by atoms with Gasteiger partial charge in [0.1, 0.15) is 0 Å². The van der Waals surface area contributed by atoms with Crippen LogP contribution in [0.4, 0.5) is 5.13 Å². The number of thiazole rings is 1. The van der Waals surface area contributed by atoms with E-state index in [4.69, 9.17) is 32.9 Å². The number of nitrogens with zero attached hydrogens (tertiary/aromatic N) is 2. The fourth-order valence-corrected chi connectivity index (χ4v) is 5.18. The van der Waals surface area contributed by atoms with Gasteiger partial charge in [0, 0.05) is 11.6 Å². The number of rotatable bonds is 4. The van der Waals surface area contributed by atoms with Gasteiger partial charge in [0.15, 0.2) is 5.13 Å². The van der Waals surface area contributed by atoms with Gasteiger partial charge < -0.3 is 4.74 Å². The van der Waals surface area contributed by atoms with Gasteiger partial charge in [-0.1, -0.05) is 34.5 Å². The number of benzene rings is 1. The minimum absolute atomic E-state index is 0.0334. The van der Waals surface area contributed by atoms with Gasteiger partial charge in [0.25, 0.3) is 5.91 Å². The van der Waals surface area contributed by atoms with E-state index in [2.05, 4.69) is 0 Å². The normalized spacial score (nSPS) is 17.1. The van der Waals surface area contributed by atoms with E-state index < -0.39 is 0 Å². The molecular weight excluding hydrogens is 411 g/mol. The summed E-state index contributed by atoms with van der Waals surface area (Å²) in [6.45, 7) is 3.17. The zero-order chi connectivity index (χ0) is 18.3. The third-order valence-electron chi connectivity index (χ3n) is 4.41. The Bertz CT molecular complexity index is 963. The van der Waals surface area contributed by atoms with Gasteiger partial charge in [-0.05, 0) is 49.6 Å². The Kier molecular flexibility index (Phi) is 5.21. The molecule has 1 unspecified atom stereocenters. The van der Waals surface area contributed by atoms with E-state index in [-0.39, 0.29) is 12.0 Å². The summed E-state index contributed by atoms with van der Waals surface area (Å²) >= 11 is 15.0. The van der Waals surface area contributed by atoms with Crippen LogP contribution < -0.4 is 4.90 Å². The summed E-state index contributed by atoms with van der Waals surface area (Å²) in [5, 5.41) is 1.34. The molecule has 1 fully saturated rings. The maximum Gasteiger partial charge on any atom is 0.270 e. The zero-order valence-electron chi connectivity index (χ0n) is 14.0. The van der Waals surface area contributed by atoms with Crippen LogP contribution in [0.1, 0.15) is 28.1 Å². The molecule has 1 aliphatic heterocycles. The van der Waals surface area contributed by atoms with E-state index in [0.717, 1.165) is 35.2 Å². The molecule has 1 aromatic carbocycles. The lowest BCUT2D eigenvalue weighted by atomic mass is 10.2. The summed E-state index contributed by atoms with van der Waals surface area (Å²) in [4.78, 5) is 20.2. The van der Waals surface area contributed by atoms with E-state index in [1.807, 2.05) is 19.1 Å². The number of hydrogen-bond donors (Lipinski definition) is 0. The van der Waals surface area contributed by atoms with Crippen molar-refractivity contribution in [1.82, 2.24) is 4.98 Å². The molecule has 1 amide bonds. The number of thiophene rings is 1. The van der Waals surface area contributed by atoms with Gasteiger partial charge in [-0.3, -0.25) is 9.69 Å². The molecule has 0 aliphatic carbocycles. The van der Waals surface area contributed by atoms with Gasteiger partial charge in [-0.15, -0.1) is 11.3 Å². The second kappa shape index (κ2) is 7.44. The summed E-state index contributed by atoms with van der Waals surface area (Å²) in [5.41, 5.74) is 1.77. The van der Waals surface area contributed by atoms with Crippen molar-refractivity contribution in [1.29, 1.82) is 0 Å². The first-order chi connectivity index (χ1) is 12.5. The summed E-state index contributed by atoms with van der Waals surface area (Å²) in [7, 11) is 0. The van der Waals surface area contributed by atoms with Crippen LogP contribution in [0.15, 0.2) is 24.3 Å². The molecule has 0 spiro atoms. The average Bonchev–Trinajstić information content (AvgIpc) is 3.36. The van der Waals surface area contributed by atoms with Crippen LogP contribution in [-0.2, 0) is 4.74 Å². The first-order valence-electron chi connectivity index (χ1n) is 8.27. The Morgan fingerprint density at radius 1 is 1.31 bits per heavy atom. The highest BCUT2D eigenvalue weighted by molar-refractivity contribution is 7.22. The highest BCUT2D eigenvalue weighted by Crippen LogP contribution is 2.35. The Balaban J connectivity index is 1.74. The van der Waals surface area contributed by atoms with Gasteiger partial charge in [0.05, 0.1) is 32.1 Å². The Morgan fingerprint density at radius 2 is 2.15 bits per heavy atom. The summed E-state index contributed by atoms with van der Waals surface area (Å²) < 4.78 is 7.36. The lowest BCUT2D eigenvalue weighted by Gasteiger charge is -2.22. The Morgan fingerprint density at radius 3 is 2.85 bits per heavy atom. The maximum atomic E-state index is 13.1. The van der Waals surface area contributed by atoms with Crippen LogP contribution in [0.2, 0.25) is 9.36 Å². The first kappa shape index (κ1) is 18.2. The number of fused-ring (bicyclic) bond motifs is 1. The van der Waals surface area contributed by atoms with Crippen molar-refractivity contribution in [2.45, 2.75) is 25.9 Å². The molecule has 136 valence electrons. The second-order valence-corrected chi connectivity index (χ2v) is 9.30. The Labute approximate surface area is 169 Å². The first-order valence-corrected chi connectivity index (χ1v) is 10.7. The number of halogens is 2. The predicted molar refractivity (Wildman–Crippen MR) is 109 cm³/mol. The molecule has 3 aromatic rings. The summed E-state index contributed by atoms with van der Waals surface area (Å²) in [6.07, 6.45) is 2.00. The number of hydrogen-bond acceptors (Lipinski definition) is 5. The smallest absolute Gasteiger partial charge is 0.270 e. The minimum atomic E-state index is -0.0970. The van der Waals surface area contributed by atoms with Crippen LogP contribution in [-0.4, -0.2) is 30.1 Å². The van der Waals surface area contributed by atoms with Crippen molar-refractivity contribution in [3.63, 3.8) is 0 Å². The van der Waals surface area contributed by atoms with Crippen molar-refractivity contribution in [3.8, 4) is 0 Å². The molecule has 26 heavy (non-hydrogen) atoms. The van der Waals surface area contributed by atoms with E-state index in [1.54, 1.807) is 17.0 Å². The number of amides is 1. The maximum absolute atomic E-state index is 13.1. The predicted octanol–water partition coefficient (Wildman–Crippen LogP) is 5.80. The van der Waals surface area contributed by atoms with Gasteiger partial charge in [-0.25, -0.2) is 4.98 Å². The van der Waals surface area contributed by atoms with Gasteiger partial charge in [-0.2, -0.15) is 0 Å². The third-order valence-corrected chi connectivity index (χ3v) is 7.08. The van der Waals surface area contributed by atoms with E-state index in [9.17, 15) is 4.79 Å². The topological polar surface area (TPSA) is 42.4 Å². The quantitative estimate of drug-likeness (QED) is 0.529. The molecule has 2 aromatic heterocycles. The number of aromatic nitrogens is 1. The van der Waals surface area contributed by atoms with Crippen LogP contribution >= 0.6 is 45.9 Å². The molecule has 8 heteroatoms. The molecule has 1 saturated heterocycles. The monoisotopic (exact) mass is 426 g/mol. The number of aryl methyl sites for hydroxylation is 1. The summed E-state index contributed by atoms with van der Waals surface area (Å²) in [6, 6.07) is 7.31. The molecule has 4 rings (SSSR count). The number of ether oxygens (including phenoxy) is 1. The Hall–Kier alpha value is -1.18. The number of carbonyl (C=O) groups excluding carboxylic acids is 1. The van der Waals surface area contributed by atoms with Crippen LogP contribution in [0.3, 0.4) is 0 Å². The molecule has 3 heterocycles. The fourth-order valence-electron chi connectivity index (χ4n) is 3.01. The lowest BCUT2D eigenvalue weighted by Crippen LogP contribution is -2.37. The van der Waals surface area contributed by atoms with Crippen molar-refractivity contribution >= 4 is 67.1 Å². The standard InChI is InChI=1S/C18H16Cl2N2O2S2/c1-10-12(19)4-5-13-16(10)21-18(26-13)22(9-11-3-2-8-24-11)17(23)14-6-7-15(20)25-14/h4-7,11H,2-3,8-9H2,1H3. The summed E-state index contributed by atoms with van der Waals surface area (Å²) in [5.74, 6) is -0.0970. The van der Waals surface area contributed by atoms with Crippen molar-refractivity contribution < 1.29 is 9.53 Å². The molecule has 4 nitrogen and oxygen atoms in total. The van der Waals surface area contributed by atoms with Crippen molar-refractivity contribution in [2.75, 3.05) is 18.1 Å². The van der Waals surface area contributed by atoms with Crippen molar-refractivity contribution in [3.05, 3.63) is 44.1 Å². The minimum Gasteiger partial charge on any atom is -0.376 e. The SMILES string of the molecule is Cc1c(Cl)ccc2sc(N(CC3CCCO3)C(=O)c3ccc(Cl)s3)nc12.